The Morgan fingerprint density at radius 2 is 1.95 bits per heavy atom. The maximum Gasteiger partial charge on any atom is 0.229 e. The lowest BCUT2D eigenvalue weighted by molar-refractivity contribution is -0.132. The molecule has 0 radical (unpaired) electrons. The van der Waals surface area contributed by atoms with E-state index in [-0.39, 0.29) is 17.3 Å². The molecule has 4 heteroatoms. The van der Waals surface area contributed by atoms with Crippen molar-refractivity contribution in [3.05, 3.63) is 45.1 Å². The van der Waals surface area contributed by atoms with Crippen molar-refractivity contribution in [2.24, 2.45) is 5.92 Å². The van der Waals surface area contributed by atoms with E-state index >= 15 is 0 Å². The van der Waals surface area contributed by atoms with Gasteiger partial charge in [-0.3, -0.25) is 9.59 Å². The Kier molecular flexibility index (Phi) is 3.10. The molecule has 1 aliphatic heterocycles. The number of likely N-dealkylation sites (tertiary alicyclic amines) is 1. The summed E-state index contributed by atoms with van der Waals surface area (Å²) >= 11 is 0. The average molecular weight is 295 g/mol. The van der Waals surface area contributed by atoms with E-state index in [9.17, 15) is 9.59 Å². The lowest BCUT2D eigenvalue weighted by atomic mass is 9.98. The first-order valence-corrected chi connectivity index (χ1v) is 7.77. The summed E-state index contributed by atoms with van der Waals surface area (Å²) in [4.78, 5) is 26.9. The third kappa shape index (κ3) is 2.06. The largest absolute Gasteiger partial charge is 0.456 e. The molecule has 1 atom stereocenters. The van der Waals surface area contributed by atoms with Crippen LogP contribution in [0.4, 0.5) is 0 Å². The smallest absolute Gasteiger partial charge is 0.229 e. The van der Waals surface area contributed by atoms with Crippen molar-refractivity contribution in [1.82, 2.24) is 4.90 Å². The number of carbonyl (C=O) groups excluding carboxylic acids is 1. The molecule has 112 valence electrons. The molecule has 2 aliphatic rings. The van der Waals surface area contributed by atoms with Crippen molar-refractivity contribution < 1.29 is 9.21 Å². The molecular weight excluding hydrogens is 278 g/mol. The highest BCUT2D eigenvalue weighted by Gasteiger charge is 2.26. The number of benzene rings is 1. The highest BCUT2D eigenvalue weighted by Crippen LogP contribution is 2.17. The highest BCUT2D eigenvalue weighted by atomic mass is 16.3. The molecule has 0 N–H and O–H groups in total. The van der Waals surface area contributed by atoms with Crippen LogP contribution in [0.15, 0.2) is 33.5 Å². The number of rotatable bonds is 1. The van der Waals surface area contributed by atoms with Gasteiger partial charge in [0.15, 0.2) is 5.43 Å². The van der Waals surface area contributed by atoms with Gasteiger partial charge in [0.05, 0.1) is 16.5 Å². The average Bonchev–Trinajstić information content (AvgIpc) is 3.08. The van der Waals surface area contributed by atoms with Crippen LogP contribution in [0.25, 0.3) is 23.1 Å². The number of fused-ring (bicyclic) bond motifs is 2. The summed E-state index contributed by atoms with van der Waals surface area (Å²) in [5.41, 5.74) is 1.10. The summed E-state index contributed by atoms with van der Waals surface area (Å²) in [5, 5.41) is 1.18. The van der Waals surface area contributed by atoms with E-state index in [1.54, 1.807) is 12.1 Å². The second-order valence-corrected chi connectivity index (χ2v) is 5.95. The van der Waals surface area contributed by atoms with Crippen molar-refractivity contribution >= 4 is 29.0 Å². The minimum Gasteiger partial charge on any atom is -0.456 e. The maximum atomic E-state index is 12.5. The van der Waals surface area contributed by atoms with E-state index in [4.69, 9.17) is 4.42 Å². The van der Waals surface area contributed by atoms with Crippen LogP contribution in [0.5, 0.6) is 0 Å². The summed E-state index contributed by atoms with van der Waals surface area (Å²) in [7, 11) is 0. The summed E-state index contributed by atoms with van der Waals surface area (Å²) in [6.45, 7) is 1.69. The summed E-state index contributed by atoms with van der Waals surface area (Å²) in [6, 6.07) is 7.24. The van der Waals surface area contributed by atoms with E-state index in [1.165, 1.54) is 0 Å². The Hall–Kier alpha value is -2.36. The molecule has 0 saturated carbocycles. The standard InChI is InChI=1S/C18H17NO3/c20-17-13-5-1-2-6-15(13)22-16-11-12(7-8-14(16)17)18(21)19-9-3-4-10-19/h1-2,5-6,8,11-12H,3-4,7,9-10H2. The predicted octanol–water partition coefficient (Wildman–Crippen LogP) is 0.996. The summed E-state index contributed by atoms with van der Waals surface area (Å²) in [5.74, 6) is -0.0647. The van der Waals surface area contributed by atoms with Gasteiger partial charge in [-0.15, -0.1) is 0 Å². The molecule has 4 nitrogen and oxygen atoms in total. The van der Waals surface area contributed by atoms with Gasteiger partial charge in [-0.05, 0) is 37.5 Å². The third-order valence-corrected chi connectivity index (χ3v) is 4.53. The fraction of sp³-hybridized carbons (Fsp3) is 0.333. The van der Waals surface area contributed by atoms with Crippen LogP contribution in [0.1, 0.15) is 19.3 Å². The molecule has 4 rings (SSSR count). The van der Waals surface area contributed by atoms with Crippen molar-refractivity contribution in [2.75, 3.05) is 13.1 Å². The third-order valence-electron chi connectivity index (χ3n) is 4.53. The van der Waals surface area contributed by atoms with Gasteiger partial charge in [-0.2, -0.15) is 0 Å². The SMILES string of the molecule is O=C(C1C=c2oc3ccccc3c(=O)c2=CC1)N1CCCC1. The van der Waals surface area contributed by atoms with Gasteiger partial charge in [0.2, 0.25) is 5.91 Å². The monoisotopic (exact) mass is 295 g/mol. The van der Waals surface area contributed by atoms with Crippen molar-refractivity contribution in [1.29, 1.82) is 0 Å². The van der Waals surface area contributed by atoms with Gasteiger partial charge in [0.1, 0.15) is 11.0 Å². The Morgan fingerprint density at radius 1 is 1.18 bits per heavy atom. The molecule has 0 bridgehead atoms. The fourth-order valence-corrected chi connectivity index (χ4v) is 3.33. The normalized spacial score (nSPS) is 20.4. The Bertz CT molecular complexity index is 919. The number of carbonyl (C=O) groups is 1. The van der Waals surface area contributed by atoms with Gasteiger partial charge < -0.3 is 9.32 Å². The molecule has 1 aromatic carbocycles. The first-order chi connectivity index (χ1) is 10.7. The van der Waals surface area contributed by atoms with Crippen LogP contribution in [-0.4, -0.2) is 23.9 Å². The van der Waals surface area contributed by atoms with E-state index in [0.29, 0.717) is 28.0 Å². The number of hydrogen-bond donors (Lipinski definition) is 0. The minimum atomic E-state index is -0.213. The quantitative estimate of drug-likeness (QED) is 0.788. The molecule has 1 aliphatic carbocycles. The van der Waals surface area contributed by atoms with Crippen LogP contribution >= 0.6 is 0 Å². The van der Waals surface area contributed by atoms with Crippen molar-refractivity contribution in [2.45, 2.75) is 19.3 Å². The molecule has 1 unspecified atom stereocenters. The fourth-order valence-electron chi connectivity index (χ4n) is 3.33. The number of nitrogens with zero attached hydrogens (tertiary/aromatic N) is 1. The zero-order valence-electron chi connectivity index (χ0n) is 12.2. The number of para-hydroxylation sites is 1. The number of amides is 1. The first-order valence-electron chi connectivity index (χ1n) is 7.77. The second kappa shape index (κ2) is 5.13. The van der Waals surface area contributed by atoms with Crippen LogP contribution in [-0.2, 0) is 4.79 Å². The Morgan fingerprint density at radius 3 is 2.77 bits per heavy atom. The Balaban J connectivity index is 1.82. The molecule has 2 aromatic rings. The van der Waals surface area contributed by atoms with Crippen LogP contribution in [0, 0.1) is 5.92 Å². The van der Waals surface area contributed by atoms with Crippen molar-refractivity contribution in [3.63, 3.8) is 0 Å². The van der Waals surface area contributed by atoms with Crippen LogP contribution in [0.3, 0.4) is 0 Å². The van der Waals surface area contributed by atoms with Gasteiger partial charge in [0, 0.05) is 13.1 Å². The van der Waals surface area contributed by atoms with Crippen LogP contribution < -0.4 is 16.1 Å². The minimum absolute atomic E-state index is 0.0137. The van der Waals surface area contributed by atoms with Crippen molar-refractivity contribution in [3.8, 4) is 0 Å². The molecule has 1 fully saturated rings. The van der Waals surface area contributed by atoms with Gasteiger partial charge in [0.25, 0.3) is 0 Å². The number of hydrogen-bond acceptors (Lipinski definition) is 3. The lowest BCUT2D eigenvalue weighted by Gasteiger charge is -2.21. The molecule has 0 spiro atoms. The van der Waals surface area contributed by atoms with E-state index in [0.717, 1.165) is 25.9 Å². The zero-order chi connectivity index (χ0) is 15.1. The lowest BCUT2D eigenvalue weighted by Crippen LogP contribution is -2.43. The summed E-state index contributed by atoms with van der Waals surface area (Å²) in [6.07, 6.45) is 6.42. The molecule has 1 saturated heterocycles. The molecule has 1 amide bonds. The molecule has 22 heavy (non-hydrogen) atoms. The van der Waals surface area contributed by atoms with Gasteiger partial charge in [-0.1, -0.05) is 18.2 Å². The van der Waals surface area contributed by atoms with E-state index < -0.39 is 0 Å². The highest BCUT2D eigenvalue weighted by molar-refractivity contribution is 5.86. The predicted molar refractivity (Wildman–Crippen MR) is 84.6 cm³/mol. The first kappa shape index (κ1) is 13.3. The van der Waals surface area contributed by atoms with Crippen LogP contribution in [0.2, 0.25) is 0 Å². The van der Waals surface area contributed by atoms with E-state index in [2.05, 4.69) is 0 Å². The second-order valence-electron chi connectivity index (χ2n) is 5.95. The molecule has 1 aromatic heterocycles. The Labute approximate surface area is 127 Å². The topological polar surface area (TPSA) is 50.5 Å². The van der Waals surface area contributed by atoms with E-state index in [1.807, 2.05) is 29.2 Å². The van der Waals surface area contributed by atoms with Gasteiger partial charge in [-0.25, -0.2) is 0 Å². The zero-order valence-corrected chi connectivity index (χ0v) is 12.2. The summed E-state index contributed by atoms with van der Waals surface area (Å²) < 4.78 is 5.85. The molecular formula is C18H17NO3. The maximum absolute atomic E-state index is 12.5. The molecule has 2 heterocycles. The van der Waals surface area contributed by atoms with Gasteiger partial charge >= 0.3 is 0 Å².